The third-order valence-corrected chi connectivity index (χ3v) is 10.9. The summed E-state index contributed by atoms with van der Waals surface area (Å²) >= 11 is 0. The Morgan fingerprint density at radius 2 is 1.76 bits per heavy atom. The van der Waals surface area contributed by atoms with E-state index in [0.717, 1.165) is 35.4 Å². The fourth-order valence-corrected chi connectivity index (χ4v) is 8.27. The molecule has 3 fully saturated rings. The van der Waals surface area contributed by atoms with Crippen LogP contribution in [-0.2, 0) is 26.1 Å². The zero-order valence-electron chi connectivity index (χ0n) is 24.0. The number of rotatable bonds is 4. The molecule has 12 heteroatoms. The van der Waals surface area contributed by atoms with Crippen molar-refractivity contribution in [3.63, 3.8) is 0 Å². The highest BCUT2D eigenvalue weighted by Crippen LogP contribution is 2.37. The average molecular weight is 601 g/mol. The summed E-state index contributed by atoms with van der Waals surface area (Å²) < 4.78 is 46.1. The minimum absolute atomic E-state index is 0.0247. The highest BCUT2D eigenvalue weighted by molar-refractivity contribution is 7.89. The van der Waals surface area contributed by atoms with Gasteiger partial charge in [-0.25, -0.2) is 8.42 Å². The molecule has 228 valence electrons. The second-order valence-corrected chi connectivity index (χ2v) is 13.6. The van der Waals surface area contributed by atoms with E-state index in [1.165, 1.54) is 5.56 Å². The normalized spacial score (nSPS) is 26.4. The number of carbonyl (C=O) groups excluding carboxylic acids is 1. The molecule has 3 saturated heterocycles. The molecule has 0 saturated carbocycles. The molecule has 6 rings (SSSR count). The number of nitrogens with zero attached hydrogens (tertiary/aromatic N) is 3. The van der Waals surface area contributed by atoms with E-state index in [4.69, 9.17) is 14.2 Å². The van der Waals surface area contributed by atoms with Crippen molar-refractivity contribution in [2.24, 2.45) is 0 Å². The van der Waals surface area contributed by atoms with Crippen molar-refractivity contribution in [1.82, 2.24) is 14.5 Å². The van der Waals surface area contributed by atoms with E-state index in [1.807, 2.05) is 12.1 Å². The molecule has 0 unspecified atom stereocenters. The van der Waals surface area contributed by atoms with Crippen LogP contribution in [0.4, 0.5) is 5.69 Å². The Kier molecular flexibility index (Phi) is 8.34. The zero-order chi connectivity index (χ0) is 29.3. The number of fused-ring (bicyclic) bond motifs is 2. The summed E-state index contributed by atoms with van der Waals surface area (Å²) in [5.41, 5.74) is 1.52. The molecule has 11 nitrogen and oxygen atoms in total. The van der Waals surface area contributed by atoms with Gasteiger partial charge in [0.1, 0.15) is 22.4 Å². The summed E-state index contributed by atoms with van der Waals surface area (Å²) in [6.45, 7) is 5.11. The number of benzene rings is 2. The number of methoxy groups -OCH3 is 1. The van der Waals surface area contributed by atoms with Crippen LogP contribution in [0.25, 0.3) is 0 Å². The Labute approximate surface area is 247 Å². The lowest BCUT2D eigenvalue weighted by Gasteiger charge is -2.43. The largest absolute Gasteiger partial charge is 0.497 e. The summed E-state index contributed by atoms with van der Waals surface area (Å²) in [4.78, 5) is 18.3. The monoisotopic (exact) mass is 600 g/mol. The summed E-state index contributed by atoms with van der Waals surface area (Å²) in [5, 5.41) is 13.8. The first-order valence-electron chi connectivity index (χ1n) is 14.7. The van der Waals surface area contributed by atoms with Crippen LogP contribution in [0.2, 0.25) is 0 Å². The van der Waals surface area contributed by atoms with Crippen LogP contribution in [-0.4, -0.2) is 106 Å². The number of hydrogen-bond donors (Lipinski definition) is 2. The number of carbonyl (C=O) groups is 1. The fourth-order valence-electron chi connectivity index (χ4n) is 6.52. The Balaban J connectivity index is 1.25. The second kappa shape index (κ2) is 12.0. The molecule has 4 aliphatic heterocycles. The van der Waals surface area contributed by atoms with Crippen molar-refractivity contribution in [3.05, 3.63) is 48.0 Å². The molecule has 0 bridgehead atoms. The van der Waals surface area contributed by atoms with E-state index in [1.54, 1.807) is 25.3 Å². The summed E-state index contributed by atoms with van der Waals surface area (Å²) in [6.07, 6.45) is 1.11. The number of aliphatic hydroxyl groups is 1. The van der Waals surface area contributed by atoms with Crippen LogP contribution in [0.15, 0.2) is 47.4 Å². The minimum Gasteiger partial charge on any atom is -0.497 e. The maximum Gasteiger partial charge on any atom is 0.247 e. The molecule has 4 aliphatic rings. The van der Waals surface area contributed by atoms with Gasteiger partial charge in [-0.3, -0.25) is 9.69 Å². The van der Waals surface area contributed by atoms with Gasteiger partial charge in [0.15, 0.2) is 0 Å². The van der Waals surface area contributed by atoms with Crippen molar-refractivity contribution < 1.29 is 32.5 Å². The van der Waals surface area contributed by atoms with Gasteiger partial charge in [0, 0.05) is 69.4 Å². The topological polar surface area (TPSA) is 121 Å². The van der Waals surface area contributed by atoms with E-state index >= 15 is 0 Å². The van der Waals surface area contributed by atoms with Gasteiger partial charge in [0.2, 0.25) is 15.9 Å². The number of aliphatic hydroxyl groups excluding tert-OH is 1. The first-order chi connectivity index (χ1) is 20.3. The average Bonchev–Trinajstić information content (AvgIpc) is 3.41. The van der Waals surface area contributed by atoms with Crippen LogP contribution >= 0.6 is 0 Å². The molecule has 2 atom stereocenters. The zero-order valence-corrected chi connectivity index (χ0v) is 24.9. The smallest absolute Gasteiger partial charge is 0.247 e. The maximum atomic E-state index is 13.9. The third kappa shape index (κ3) is 5.96. The number of anilines is 1. The second-order valence-electron chi connectivity index (χ2n) is 11.7. The Morgan fingerprint density at radius 3 is 2.48 bits per heavy atom. The lowest BCUT2D eigenvalue weighted by molar-refractivity contribution is -0.127. The highest BCUT2D eigenvalue weighted by Gasteiger charge is 2.47. The van der Waals surface area contributed by atoms with Gasteiger partial charge < -0.3 is 29.5 Å². The molecule has 0 aliphatic carbocycles. The van der Waals surface area contributed by atoms with Crippen molar-refractivity contribution in [1.29, 1.82) is 0 Å². The van der Waals surface area contributed by atoms with Crippen LogP contribution in [0.1, 0.15) is 31.2 Å². The van der Waals surface area contributed by atoms with Crippen molar-refractivity contribution in [3.8, 4) is 11.5 Å². The molecule has 4 heterocycles. The Hall–Kier alpha value is -2.90. The van der Waals surface area contributed by atoms with E-state index in [-0.39, 0.29) is 36.1 Å². The van der Waals surface area contributed by atoms with Gasteiger partial charge in [0.05, 0.1) is 33.0 Å². The van der Waals surface area contributed by atoms with Crippen molar-refractivity contribution in [2.45, 2.75) is 54.8 Å². The van der Waals surface area contributed by atoms with E-state index in [9.17, 15) is 18.3 Å². The summed E-state index contributed by atoms with van der Waals surface area (Å²) in [6, 6.07) is 12.2. The van der Waals surface area contributed by atoms with Crippen LogP contribution in [0, 0.1) is 0 Å². The third-order valence-electron chi connectivity index (χ3n) is 9.03. The van der Waals surface area contributed by atoms with Crippen molar-refractivity contribution >= 4 is 21.6 Å². The molecule has 1 amide bonds. The highest BCUT2D eigenvalue weighted by atomic mass is 32.2. The molecule has 0 aromatic heterocycles. The summed E-state index contributed by atoms with van der Waals surface area (Å²) in [7, 11) is -2.46. The number of morpholine rings is 1. The van der Waals surface area contributed by atoms with Crippen LogP contribution < -0.4 is 19.7 Å². The molecule has 2 aromatic rings. The van der Waals surface area contributed by atoms with Gasteiger partial charge in [-0.2, -0.15) is 4.31 Å². The van der Waals surface area contributed by atoms with E-state index in [2.05, 4.69) is 27.2 Å². The van der Waals surface area contributed by atoms with Gasteiger partial charge in [0.25, 0.3) is 0 Å². The standard InChI is InChI=1S/C30H40N4O7S/c1-39-25-5-2-22(3-6-25)20-32-11-8-30(9-12-32)10-15-41-27-18-23(33-13-16-40-17-14-33)4-7-28(27)42(37,38)34-21-24(35)19-26(34)29(36)31-30/h2-7,18,24,26,35H,8-17,19-21H2,1H3,(H,31,36)/t24-,26+/m1/s1. The maximum absolute atomic E-state index is 13.9. The number of nitrogens with one attached hydrogen (secondary N) is 1. The van der Waals surface area contributed by atoms with Crippen LogP contribution in [0.3, 0.4) is 0 Å². The number of sulfonamides is 1. The number of likely N-dealkylation sites (tertiary alicyclic amines) is 1. The Bertz CT molecular complexity index is 1370. The predicted molar refractivity (Wildman–Crippen MR) is 156 cm³/mol. The lowest BCUT2D eigenvalue weighted by Crippen LogP contribution is -2.59. The van der Waals surface area contributed by atoms with E-state index < -0.39 is 27.7 Å². The quantitative estimate of drug-likeness (QED) is 0.539. The molecule has 2 aromatic carbocycles. The first kappa shape index (κ1) is 29.2. The number of piperidine rings is 1. The van der Waals surface area contributed by atoms with Gasteiger partial charge in [-0.15, -0.1) is 0 Å². The molecular weight excluding hydrogens is 560 g/mol. The molecule has 0 radical (unpaired) electrons. The lowest BCUT2D eigenvalue weighted by atomic mass is 9.84. The minimum atomic E-state index is -4.11. The van der Waals surface area contributed by atoms with E-state index in [0.29, 0.717) is 45.6 Å². The first-order valence-corrected chi connectivity index (χ1v) is 16.2. The number of ether oxygens (including phenoxy) is 3. The molecule has 1 spiro atoms. The number of amides is 1. The molecule has 2 N–H and O–H groups in total. The summed E-state index contributed by atoms with van der Waals surface area (Å²) in [5.74, 6) is 0.746. The van der Waals surface area contributed by atoms with Crippen molar-refractivity contribution in [2.75, 3.05) is 64.6 Å². The fraction of sp³-hybridized carbons (Fsp3) is 0.567. The Morgan fingerprint density at radius 1 is 1.02 bits per heavy atom. The SMILES string of the molecule is COc1ccc(CN2CCC3(CCOc4cc(N5CCOCC5)ccc4S(=O)(=O)N4C[C@H](O)C[C@H]4C(=O)N3)CC2)cc1. The number of hydrogen-bond acceptors (Lipinski definition) is 9. The molecule has 42 heavy (non-hydrogen) atoms. The van der Waals surface area contributed by atoms with Gasteiger partial charge >= 0.3 is 0 Å². The van der Waals surface area contributed by atoms with Crippen LogP contribution in [0.5, 0.6) is 11.5 Å². The van der Waals surface area contributed by atoms with Gasteiger partial charge in [-0.05, 0) is 42.7 Å². The predicted octanol–water partition coefficient (Wildman–Crippen LogP) is 1.59. The van der Waals surface area contributed by atoms with Gasteiger partial charge in [-0.1, -0.05) is 12.1 Å². The molecular formula is C30H40N4O7S.